The third-order valence-corrected chi connectivity index (χ3v) is 7.93. The fourth-order valence-corrected chi connectivity index (χ4v) is 6.25. The maximum atomic E-state index is 13.3. The molecule has 172 valence electrons. The van der Waals surface area contributed by atoms with E-state index in [4.69, 9.17) is 8.94 Å². The van der Waals surface area contributed by atoms with Crippen LogP contribution in [0, 0.1) is 24.6 Å². The first kappa shape index (κ1) is 21.8. The molecule has 0 saturated carbocycles. The molecule has 2 aromatic heterocycles. The van der Waals surface area contributed by atoms with Crippen molar-refractivity contribution in [3.63, 3.8) is 0 Å². The summed E-state index contributed by atoms with van der Waals surface area (Å²) in [4.78, 5) is 4.62. The average Bonchev–Trinajstić information content (AvgIpc) is 3.38. The summed E-state index contributed by atoms with van der Waals surface area (Å²) in [5, 5.41) is 4.64. The lowest BCUT2D eigenvalue weighted by molar-refractivity contribution is 0.222. The van der Waals surface area contributed by atoms with Gasteiger partial charge in [0.05, 0.1) is 4.90 Å². The van der Waals surface area contributed by atoms with Gasteiger partial charge in [-0.3, -0.25) is 0 Å². The second-order valence-electron chi connectivity index (χ2n) is 8.91. The average molecular weight is 470 g/mol. The summed E-state index contributed by atoms with van der Waals surface area (Å²) in [5.74, 6) is 1.15. The highest BCUT2D eigenvalue weighted by Gasteiger charge is 2.32. The van der Waals surface area contributed by atoms with Crippen molar-refractivity contribution in [2.75, 3.05) is 13.1 Å². The van der Waals surface area contributed by atoms with Gasteiger partial charge in [0.2, 0.25) is 15.8 Å². The van der Waals surface area contributed by atoms with Gasteiger partial charge in [0.25, 0.3) is 5.89 Å². The van der Waals surface area contributed by atoms with Gasteiger partial charge in [0.15, 0.2) is 5.76 Å². The standard InChI is InChI=1S/C24H24FN3O4S/c1-14-10-15(2)13-28(12-14)33(29,30)19-8-9-21-20(11-19)16(3)22(31-21)24-26-23(27-32-24)17-4-6-18(25)7-5-17/h4-9,11,14-15H,10,12-13H2,1-3H3. The number of sulfonamides is 1. The fraction of sp³-hybridized carbons (Fsp3) is 0.333. The van der Waals surface area contributed by atoms with Gasteiger partial charge in [-0.2, -0.15) is 9.29 Å². The van der Waals surface area contributed by atoms with E-state index in [1.165, 1.54) is 12.1 Å². The maximum absolute atomic E-state index is 13.3. The Morgan fingerprint density at radius 1 is 1.06 bits per heavy atom. The van der Waals surface area contributed by atoms with Crippen molar-refractivity contribution >= 4 is 21.0 Å². The normalized spacial score (nSPS) is 19.9. The number of fused-ring (bicyclic) bond motifs is 1. The molecular weight excluding hydrogens is 445 g/mol. The smallest absolute Gasteiger partial charge is 0.294 e. The zero-order valence-electron chi connectivity index (χ0n) is 18.6. The SMILES string of the molecule is Cc1c(-c2nc(-c3ccc(F)cc3)no2)oc2ccc(S(=O)(=O)N3CC(C)CC(C)C3)cc12. The van der Waals surface area contributed by atoms with Gasteiger partial charge in [-0.05, 0) is 67.6 Å². The molecule has 7 nitrogen and oxygen atoms in total. The Bertz CT molecular complexity index is 1420. The van der Waals surface area contributed by atoms with Gasteiger partial charge in [0, 0.05) is 29.6 Å². The van der Waals surface area contributed by atoms with E-state index >= 15 is 0 Å². The minimum Gasteiger partial charge on any atom is -0.451 e. The Morgan fingerprint density at radius 2 is 1.76 bits per heavy atom. The predicted octanol–water partition coefficient (Wildman–Crippen LogP) is 5.26. The molecule has 33 heavy (non-hydrogen) atoms. The van der Waals surface area contributed by atoms with E-state index in [-0.39, 0.29) is 16.6 Å². The number of rotatable bonds is 4. The summed E-state index contributed by atoms with van der Waals surface area (Å²) in [7, 11) is -3.62. The topological polar surface area (TPSA) is 89.4 Å². The monoisotopic (exact) mass is 469 g/mol. The van der Waals surface area contributed by atoms with Crippen LogP contribution in [0.3, 0.4) is 0 Å². The molecule has 1 aliphatic rings. The Labute approximate surface area is 191 Å². The van der Waals surface area contributed by atoms with Gasteiger partial charge in [-0.15, -0.1) is 0 Å². The van der Waals surface area contributed by atoms with Gasteiger partial charge >= 0.3 is 0 Å². The van der Waals surface area contributed by atoms with Crippen LogP contribution in [0.25, 0.3) is 34.0 Å². The number of aromatic nitrogens is 2. The third kappa shape index (κ3) is 3.95. The number of hydrogen-bond donors (Lipinski definition) is 0. The van der Waals surface area contributed by atoms with Crippen LogP contribution >= 0.6 is 0 Å². The van der Waals surface area contributed by atoms with Crippen molar-refractivity contribution < 1.29 is 21.7 Å². The largest absolute Gasteiger partial charge is 0.451 e. The van der Waals surface area contributed by atoms with Crippen LogP contribution in [0.5, 0.6) is 0 Å². The van der Waals surface area contributed by atoms with Gasteiger partial charge in [0.1, 0.15) is 11.4 Å². The van der Waals surface area contributed by atoms with E-state index in [9.17, 15) is 12.8 Å². The van der Waals surface area contributed by atoms with Gasteiger partial charge in [-0.25, -0.2) is 12.8 Å². The van der Waals surface area contributed by atoms with Crippen LogP contribution in [0.15, 0.2) is 56.3 Å². The molecule has 1 fully saturated rings. The van der Waals surface area contributed by atoms with E-state index in [1.54, 1.807) is 34.6 Å². The number of furan rings is 1. The van der Waals surface area contributed by atoms with Gasteiger partial charge in [-0.1, -0.05) is 19.0 Å². The lowest BCUT2D eigenvalue weighted by atomic mass is 9.94. The minimum absolute atomic E-state index is 0.172. The summed E-state index contributed by atoms with van der Waals surface area (Å²) < 4.78 is 52.7. The fourth-order valence-electron chi connectivity index (χ4n) is 4.55. The van der Waals surface area contributed by atoms with E-state index in [2.05, 4.69) is 24.0 Å². The van der Waals surface area contributed by atoms with Crippen molar-refractivity contribution in [3.05, 3.63) is 53.8 Å². The van der Waals surface area contributed by atoms with E-state index < -0.39 is 10.0 Å². The molecule has 2 unspecified atom stereocenters. The second kappa shape index (κ2) is 8.07. The zero-order chi connectivity index (χ0) is 23.3. The molecule has 0 N–H and O–H groups in total. The Hall–Kier alpha value is -3.04. The molecule has 1 saturated heterocycles. The van der Waals surface area contributed by atoms with Crippen LogP contribution in [0.4, 0.5) is 4.39 Å². The van der Waals surface area contributed by atoms with E-state index in [1.807, 2.05) is 6.92 Å². The number of aryl methyl sites for hydroxylation is 1. The Morgan fingerprint density at radius 3 is 2.45 bits per heavy atom. The highest BCUT2D eigenvalue weighted by molar-refractivity contribution is 7.89. The highest BCUT2D eigenvalue weighted by atomic mass is 32.2. The second-order valence-corrected chi connectivity index (χ2v) is 10.9. The molecule has 0 spiro atoms. The molecule has 9 heteroatoms. The first-order valence-corrected chi connectivity index (χ1v) is 12.3. The summed E-state index contributed by atoms with van der Waals surface area (Å²) in [6, 6.07) is 10.7. The van der Waals surface area contributed by atoms with Crippen molar-refractivity contribution in [1.82, 2.24) is 14.4 Å². The molecular formula is C24H24FN3O4S. The summed E-state index contributed by atoms with van der Waals surface area (Å²) in [6.45, 7) is 7.03. The van der Waals surface area contributed by atoms with Gasteiger partial charge < -0.3 is 8.94 Å². The first-order valence-electron chi connectivity index (χ1n) is 10.9. The number of halogens is 1. The van der Waals surface area contributed by atoms with Crippen LogP contribution < -0.4 is 0 Å². The molecule has 2 aromatic carbocycles. The number of piperidine rings is 1. The highest BCUT2D eigenvalue weighted by Crippen LogP contribution is 2.35. The van der Waals surface area contributed by atoms with Crippen LogP contribution in [-0.2, 0) is 10.0 Å². The van der Waals surface area contributed by atoms with E-state index in [0.717, 1.165) is 6.42 Å². The number of nitrogens with zero attached hydrogens (tertiary/aromatic N) is 3. The molecule has 4 aromatic rings. The summed E-state index contributed by atoms with van der Waals surface area (Å²) in [5.41, 5.74) is 1.85. The molecule has 3 heterocycles. The van der Waals surface area contributed by atoms with Crippen molar-refractivity contribution in [2.24, 2.45) is 11.8 Å². The summed E-state index contributed by atoms with van der Waals surface area (Å²) >= 11 is 0. The molecule has 2 atom stereocenters. The van der Waals surface area contributed by atoms with E-state index in [0.29, 0.717) is 58.6 Å². The first-order chi connectivity index (χ1) is 15.7. The summed E-state index contributed by atoms with van der Waals surface area (Å²) in [6.07, 6.45) is 1.03. The zero-order valence-corrected chi connectivity index (χ0v) is 19.4. The molecule has 5 rings (SSSR count). The quantitative estimate of drug-likeness (QED) is 0.405. The lowest BCUT2D eigenvalue weighted by Crippen LogP contribution is -2.42. The minimum atomic E-state index is -3.62. The lowest BCUT2D eigenvalue weighted by Gasteiger charge is -2.34. The van der Waals surface area contributed by atoms with Crippen molar-refractivity contribution in [1.29, 1.82) is 0 Å². The Kier molecular flexibility index (Phi) is 5.33. The van der Waals surface area contributed by atoms with Crippen LogP contribution in [-0.4, -0.2) is 36.0 Å². The van der Waals surface area contributed by atoms with Crippen LogP contribution in [0.1, 0.15) is 25.8 Å². The molecule has 0 aliphatic carbocycles. The third-order valence-electron chi connectivity index (χ3n) is 6.10. The molecule has 0 bridgehead atoms. The predicted molar refractivity (Wildman–Crippen MR) is 121 cm³/mol. The molecule has 0 amide bonds. The number of hydrogen-bond acceptors (Lipinski definition) is 6. The van der Waals surface area contributed by atoms with Crippen molar-refractivity contribution in [2.45, 2.75) is 32.1 Å². The van der Waals surface area contributed by atoms with Crippen LogP contribution in [0.2, 0.25) is 0 Å². The maximum Gasteiger partial charge on any atom is 0.294 e. The number of benzene rings is 2. The molecule has 1 aliphatic heterocycles. The molecule has 0 radical (unpaired) electrons. The Balaban J connectivity index is 1.50. The van der Waals surface area contributed by atoms with Crippen molar-refractivity contribution in [3.8, 4) is 23.0 Å².